The maximum Gasteiger partial charge on any atom is 0.242 e. The number of ketones is 1. The zero-order valence-corrected chi connectivity index (χ0v) is 15.8. The molecule has 0 saturated carbocycles. The average Bonchev–Trinajstić information content (AvgIpc) is 2.54. The van der Waals surface area contributed by atoms with E-state index in [4.69, 9.17) is 0 Å². The lowest BCUT2D eigenvalue weighted by molar-refractivity contribution is 0.101. The van der Waals surface area contributed by atoms with Crippen molar-refractivity contribution < 1.29 is 13.2 Å². The topological polar surface area (TPSA) is 66.5 Å². The summed E-state index contributed by atoms with van der Waals surface area (Å²) in [5, 5.41) is 3.04. The highest BCUT2D eigenvalue weighted by molar-refractivity contribution is 14.1. The van der Waals surface area contributed by atoms with Gasteiger partial charge in [0.2, 0.25) is 10.0 Å². The number of benzene rings is 2. The summed E-state index contributed by atoms with van der Waals surface area (Å²) in [7, 11) is -0.624. The Balaban J connectivity index is 2.12. The van der Waals surface area contributed by atoms with Gasteiger partial charge in [-0.25, -0.2) is 12.7 Å². The smallest absolute Gasteiger partial charge is 0.242 e. The molecule has 0 unspecified atom stereocenters. The van der Waals surface area contributed by atoms with Crippen molar-refractivity contribution in [2.24, 2.45) is 0 Å². The molecule has 0 aromatic heterocycles. The maximum atomic E-state index is 12.3. The monoisotopic (exact) mass is 444 g/mol. The van der Waals surface area contributed by atoms with E-state index in [9.17, 15) is 13.2 Å². The predicted molar refractivity (Wildman–Crippen MR) is 99.3 cm³/mol. The van der Waals surface area contributed by atoms with Gasteiger partial charge in [-0.05, 0) is 59.0 Å². The van der Waals surface area contributed by atoms with Crippen LogP contribution < -0.4 is 5.32 Å². The SMILES string of the molecule is CN(C)S(=O)(=O)c1cccc(C(=O)CNc2ccc(I)cc2)c1. The summed E-state index contributed by atoms with van der Waals surface area (Å²) in [6.07, 6.45) is 0. The highest BCUT2D eigenvalue weighted by Crippen LogP contribution is 2.16. The Hall–Kier alpha value is -1.45. The largest absolute Gasteiger partial charge is 0.378 e. The van der Waals surface area contributed by atoms with Crippen LogP contribution in [0.2, 0.25) is 0 Å². The van der Waals surface area contributed by atoms with Crippen LogP contribution in [-0.2, 0) is 10.0 Å². The van der Waals surface area contributed by atoms with Gasteiger partial charge in [-0.15, -0.1) is 0 Å². The van der Waals surface area contributed by atoms with Crippen molar-refractivity contribution >= 4 is 44.1 Å². The van der Waals surface area contributed by atoms with Gasteiger partial charge in [0.25, 0.3) is 0 Å². The van der Waals surface area contributed by atoms with Gasteiger partial charge in [0.05, 0.1) is 11.4 Å². The summed E-state index contributed by atoms with van der Waals surface area (Å²) in [5.74, 6) is -0.167. The second-order valence-corrected chi connectivity index (χ2v) is 8.50. The number of carbonyl (C=O) groups excluding carboxylic acids is 1. The molecule has 122 valence electrons. The van der Waals surface area contributed by atoms with Crippen LogP contribution >= 0.6 is 22.6 Å². The zero-order valence-electron chi connectivity index (χ0n) is 12.8. The van der Waals surface area contributed by atoms with Crippen LogP contribution in [0.3, 0.4) is 0 Å². The van der Waals surface area contributed by atoms with Gasteiger partial charge >= 0.3 is 0 Å². The predicted octanol–water partition coefficient (Wildman–Crippen LogP) is 2.84. The lowest BCUT2D eigenvalue weighted by Crippen LogP contribution is -2.22. The van der Waals surface area contributed by atoms with Gasteiger partial charge in [-0.2, -0.15) is 0 Å². The fourth-order valence-electron chi connectivity index (χ4n) is 1.89. The number of carbonyl (C=O) groups is 1. The number of rotatable bonds is 6. The van der Waals surface area contributed by atoms with Crippen molar-refractivity contribution in [1.82, 2.24) is 4.31 Å². The van der Waals surface area contributed by atoms with Gasteiger partial charge in [0, 0.05) is 28.9 Å². The molecule has 0 aliphatic carbocycles. The molecule has 0 aliphatic rings. The molecule has 0 atom stereocenters. The lowest BCUT2D eigenvalue weighted by Gasteiger charge is -2.12. The standard InChI is InChI=1S/C16H17IN2O3S/c1-19(2)23(21,22)15-5-3-4-12(10-15)16(20)11-18-14-8-6-13(17)7-9-14/h3-10,18H,11H2,1-2H3. The second-order valence-electron chi connectivity index (χ2n) is 5.10. The quantitative estimate of drug-likeness (QED) is 0.550. The molecular formula is C16H17IN2O3S. The molecule has 0 fully saturated rings. The Morgan fingerprint density at radius 1 is 1.13 bits per heavy atom. The number of hydrogen-bond donors (Lipinski definition) is 1. The van der Waals surface area contributed by atoms with Gasteiger partial charge in [0.15, 0.2) is 5.78 Å². The molecule has 0 amide bonds. The Morgan fingerprint density at radius 2 is 1.78 bits per heavy atom. The first-order valence-corrected chi connectivity index (χ1v) is 9.38. The van der Waals surface area contributed by atoms with E-state index in [1.165, 1.54) is 26.2 Å². The number of sulfonamides is 1. The third kappa shape index (κ3) is 4.52. The molecule has 5 nitrogen and oxygen atoms in total. The van der Waals surface area contributed by atoms with Crippen LogP contribution in [0.15, 0.2) is 53.4 Å². The van der Waals surface area contributed by atoms with Crippen molar-refractivity contribution in [1.29, 1.82) is 0 Å². The summed E-state index contributed by atoms with van der Waals surface area (Å²) in [6, 6.07) is 13.8. The van der Waals surface area contributed by atoms with E-state index in [0.717, 1.165) is 13.6 Å². The Kier molecular flexibility index (Phi) is 5.77. The van der Waals surface area contributed by atoms with E-state index < -0.39 is 10.0 Å². The Bertz CT molecular complexity index is 802. The maximum absolute atomic E-state index is 12.3. The Morgan fingerprint density at radius 3 is 2.39 bits per heavy atom. The fourth-order valence-corrected chi connectivity index (χ4v) is 3.20. The third-order valence-electron chi connectivity index (χ3n) is 3.23. The molecule has 0 spiro atoms. The third-order valence-corrected chi connectivity index (χ3v) is 5.76. The first-order valence-electron chi connectivity index (χ1n) is 6.86. The molecule has 2 rings (SSSR count). The van der Waals surface area contributed by atoms with E-state index in [1.807, 2.05) is 24.3 Å². The number of halogens is 1. The van der Waals surface area contributed by atoms with Crippen LogP contribution in [0, 0.1) is 3.57 Å². The Labute approximate surface area is 149 Å². The van der Waals surface area contributed by atoms with Crippen molar-refractivity contribution in [2.75, 3.05) is 26.0 Å². The molecule has 7 heteroatoms. The van der Waals surface area contributed by atoms with Crippen molar-refractivity contribution in [3.05, 3.63) is 57.7 Å². The summed E-state index contributed by atoms with van der Waals surface area (Å²) >= 11 is 2.21. The van der Waals surface area contributed by atoms with E-state index in [0.29, 0.717) is 5.56 Å². The molecular weight excluding hydrogens is 427 g/mol. The summed E-state index contributed by atoms with van der Waals surface area (Å²) < 4.78 is 26.5. The minimum absolute atomic E-state index is 0.103. The normalized spacial score (nSPS) is 11.5. The summed E-state index contributed by atoms with van der Waals surface area (Å²) in [5.41, 5.74) is 1.21. The van der Waals surface area contributed by atoms with Crippen LogP contribution in [0.25, 0.3) is 0 Å². The van der Waals surface area contributed by atoms with Gasteiger partial charge in [-0.1, -0.05) is 12.1 Å². The van der Waals surface area contributed by atoms with E-state index in [-0.39, 0.29) is 17.2 Å². The summed E-state index contributed by atoms with van der Waals surface area (Å²) in [6.45, 7) is 0.103. The van der Waals surface area contributed by atoms with Crippen molar-refractivity contribution in [2.45, 2.75) is 4.90 Å². The molecule has 0 saturated heterocycles. The lowest BCUT2D eigenvalue weighted by atomic mass is 10.1. The van der Waals surface area contributed by atoms with Gasteiger partial charge < -0.3 is 5.32 Å². The van der Waals surface area contributed by atoms with Crippen molar-refractivity contribution in [3.8, 4) is 0 Å². The first-order chi connectivity index (χ1) is 10.8. The number of nitrogens with one attached hydrogen (secondary N) is 1. The highest BCUT2D eigenvalue weighted by Gasteiger charge is 2.18. The zero-order chi connectivity index (χ0) is 17.0. The van der Waals surface area contributed by atoms with E-state index >= 15 is 0 Å². The van der Waals surface area contributed by atoms with Gasteiger partial charge in [0.1, 0.15) is 0 Å². The second kappa shape index (κ2) is 7.41. The molecule has 23 heavy (non-hydrogen) atoms. The van der Waals surface area contributed by atoms with E-state index in [1.54, 1.807) is 12.1 Å². The minimum Gasteiger partial charge on any atom is -0.378 e. The summed E-state index contributed by atoms with van der Waals surface area (Å²) in [4.78, 5) is 12.4. The molecule has 2 aromatic carbocycles. The number of nitrogens with zero attached hydrogens (tertiary/aromatic N) is 1. The van der Waals surface area contributed by atoms with Crippen LogP contribution in [0.1, 0.15) is 10.4 Å². The van der Waals surface area contributed by atoms with Gasteiger partial charge in [-0.3, -0.25) is 4.79 Å². The highest BCUT2D eigenvalue weighted by atomic mass is 127. The molecule has 0 bridgehead atoms. The van der Waals surface area contributed by atoms with E-state index in [2.05, 4.69) is 27.9 Å². The molecule has 2 aromatic rings. The molecule has 0 aliphatic heterocycles. The number of Topliss-reactive ketones (excluding diaryl/α,β-unsaturated/α-hetero) is 1. The van der Waals surface area contributed by atoms with Crippen LogP contribution in [-0.4, -0.2) is 39.1 Å². The van der Waals surface area contributed by atoms with Crippen molar-refractivity contribution in [3.63, 3.8) is 0 Å². The fraction of sp³-hybridized carbons (Fsp3) is 0.188. The van der Waals surface area contributed by atoms with Crippen LogP contribution in [0.5, 0.6) is 0 Å². The molecule has 0 heterocycles. The minimum atomic E-state index is -3.54. The average molecular weight is 444 g/mol. The first kappa shape index (κ1) is 17.9. The molecule has 0 radical (unpaired) electrons. The van der Waals surface area contributed by atoms with Crippen LogP contribution in [0.4, 0.5) is 5.69 Å². The number of hydrogen-bond acceptors (Lipinski definition) is 4. The number of anilines is 1. The molecule has 1 N–H and O–H groups in total.